The molecule has 1 saturated heterocycles. The largest absolute Gasteiger partial charge is 0.459 e. The molecule has 8 nitrogen and oxygen atoms in total. The van der Waals surface area contributed by atoms with E-state index in [0.29, 0.717) is 19.5 Å². The van der Waals surface area contributed by atoms with Crippen molar-refractivity contribution in [2.45, 2.75) is 31.2 Å². The molecule has 29 heavy (non-hydrogen) atoms. The van der Waals surface area contributed by atoms with Gasteiger partial charge >= 0.3 is 0 Å². The van der Waals surface area contributed by atoms with Gasteiger partial charge in [-0.05, 0) is 44.5 Å². The van der Waals surface area contributed by atoms with Gasteiger partial charge in [0.15, 0.2) is 5.76 Å². The maximum Gasteiger partial charge on any atom is 0.287 e. The van der Waals surface area contributed by atoms with E-state index in [1.54, 1.807) is 42.2 Å². The van der Waals surface area contributed by atoms with E-state index in [-0.39, 0.29) is 29.7 Å². The number of sulfonamides is 1. The van der Waals surface area contributed by atoms with E-state index in [1.165, 1.54) is 16.6 Å². The number of carbonyl (C=O) groups excluding carboxylic acids is 2. The van der Waals surface area contributed by atoms with Crippen LogP contribution in [0.1, 0.15) is 29.5 Å². The number of hydrogen-bond acceptors (Lipinski definition) is 5. The number of hydrogen-bond donors (Lipinski definition) is 1. The minimum atomic E-state index is -3.61. The second kappa shape index (κ2) is 8.79. The van der Waals surface area contributed by atoms with Gasteiger partial charge in [-0.15, -0.1) is 0 Å². The van der Waals surface area contributed by atoms with Crippen molar-refractivity contribution in [2.24, 2.45) is 0 Å². The second-order valence-electron chi connectivity index (χ2n) is 7.07. The van der Waals surface area contributed by atoms with Crippen molar-refractivity contribution in [1.82, 2.24) is 14.5 Å². The fourth-order valence-electron chi connectivity index (χ4n) is 3.22. The monoisotopic (exact) mass is 419 g/mol. The number of nitrogens with one attached hydrogen (secondary N) is 1. The molecule has 3 rings (SSSR count). The number of carbonyl (C=O) groups is 2. The maximum atomic E-state index is 12.9. The number of amides is 2. The van der Waals surface area contributed by atoms with Gasteiger partial charge in [0.1, 0.15) is 6.04 Å². The first-order chi connectivity index (χ1) is 13.8. The van der Waals surface area contributed by atoms with Crippen LogP contribution in [-0.4, -0.2) is 61.7 Å². The fourth-order valence-corrected chi connectivity index (χ4v) is 4.69. The second-order valence-corrected chi connectivity index (χ2v) is 9.01. The lowest BCUT2D eigenvalue weighted by atomic mass is 10.2. The molecule has 9 heteroatoms. The van der Waals surface area contributed by atoms with Gasteiger partial charge in [-0.2, -0.15) is 4.31 Å². The Morgan fingerprint density at radius 1 is 1.07 bits per heavy atom. The lowest BCUT2D eigenvalue weighted by Crippen LogP contribution is -2.48. The Hall–Kier alpha value is -2.65. The molecule has 2 aromatic rings. The third kappa shape index (κ3) is 4.86. The predicted octanol–water partition coefficient (Wildman–Crippen LogP) is 1.63. The third-order valence-corrected chi connectivity index (χ3v) is 6.80. The van der Waals surface area contributed by atoms with Gasteiger partial charge in [-0.25, -0.2) is 8.42 Å². The van der Waals surface area contributed by atoms with Crippen LogP contribution in [-0.2, 0) is 14.8 Å². The molecule has 2 amide bonds. The summed E-state index contributed by atoms with van der Waals surface area (Å²) in [6, 6.07) is 9.11. The van der Waals surface area contributed by atoms with Crippen LogP contribution < -0.4 is 5.32 Å². The van der Waals surface area contributed by atoms with Gasteiger partial charge < -0.3 is 14.6 Å². The zero-order chi connectivity index (χ0) is 21.0. The SMILES string of the molecule is Cc1ccc(S(=O)(=O)N2CCCN(C(=O)C(C)NC(=O)c3ccco3)CC2)cc1. The smallest absolute Gasteiger partial charge is 0.287 e. The van der Waals surface area contributed by atoms with Gasteiger partial charge in [-0.3, -0.25) is 9.59 Å². The molecule has 1 aliphatic heterocycles. The Balaban J connectivity index is 1.62. The van der Waals surface area contributed by atoms with E-state index in [1.807, 2.05) is 6.92 Å². The number of furan rings is 1. The predicted molar refractivity (Wildman–Crippen MR) is 107 cm³/mol. The molecule has 1 aromatic heterocycles. The number of nitrogens with zero attached hydrogens (tertiary/aromatic N) is 2. The molecule has 0 radical (unpaired) electrons. The minimum Gasteiger partial charge on any atom is -0.459 e. The first kappa shape index (κ1) is 21.1. The van der Waals surface area contributed by atoms with Crippen molar-refractivity contribution in [1.29, 1.82) is 0 Å². The van der Waals surface area contributed by atoms with Crippen LogP contribution in [0.4, 0.5) is 0 Å². The highest BCUT2D eigenvalue weighted by Gasteiger charge is 2.30. The third-order valence-electron chi connectivity index (χ3n) is 4.89. The molecule has 0 spiro atoms. The van der Waals surface area contributed by atoms with Gasteiger partial charge in [0.25, 0.3) is 5.91 Å². The Kier molecular flexibility index (Phi) is 6.39. The van der Waals surface area contributed by atoms with Gasteiger partial charge in [0.2, 0.25) is 15.9 Å². The van der Waals surface area contributed by atoms with E-state index in [9.17, 15) is 18.0 Å². The summed E-state index contributed by atoms with van der Waals surface area (Å²) in [5.41, 5.74) is 0.988. The van der Waals surface area contributed by atoms with Gasteiger partial charge in [-0.1, -0.05) is 17.7 Å². The summed E-state index contributed by atoms with van der Waals surface area (Å²) in [6.45, 7) is 4.76. The quantitative estimate of drug-likeness (QED) is 0.794. The fraction of sp³-hybridized carbons (Fsp3) is 0.400. The Morgan fingerprint density at radius 3 is 2.45 bits per heavy atom. The van der Waals surface area contributed by atoms with E-state index in [2.05, 4.69) is 5.32 Å². The standard InChI is InChI=1S/C20H25N3O5S/c1-15-6-8-17(9-7-15)29(26,27)23-11-4-10-22(12-13-23)20(25)16(2)21-19(24)18-5-3-14-28-18/h3,5-9,14,16H,4,10-13H2,1-2H3,(H,21,24). The zero-order valence-corrected chi connectivity index (χ0v) is 17.3. The van der Waals surface area contributed by atoms with E-state index < -0.39 is 22.0 Å². The molecule has 0 saturated carbocycles. The van der Waals surface area contributed by atoms with Crippen LogP contribution >= 0.6 is 0 Å². The van der Waals surface area contributed by atoms with Crippen LogP contribution in [0.25, 0.3) is 0 Å². The molecular weight excluding hydrogens is 394 g/mol. The summed E-state index contributed by atoms with van der Waals surface area (Å²) in [6.07, 6.45) is 1.91. The van der Waals surface area contributed by atoms with Crippen molar-refractivity contribution in [3.05, 3.63) is 54.0 Å². The van der Waals surface area contributed by atoms with Gasteiger partial charge in [0.05, 0.1) is 11.2 Å². The Bertz CT molecular complexity index is 955. The van der Waals surface area contributed by atoms with Crippen molar-refractivity contribution in [3.8, 4) is 0 Å². The average Bonchev–Trinajstić information content (AvgIpc) is 3.12. The lowest BCUT2D eigenvalue weighted by molar-refractivity contribution is -0.132. The van der Waals surface area contributed by atoms with Crippen molar-refractivity contribution >= 4 is 21.8 Å². The molecule has 156 valence electrons. The topological polar surface area (TPSA) is 99.9 Å². The summed E-state index contributed by atoms with van der Waals surface area (Å²) in [4.78, 5) is 26.7. The van der Waals surface area contributed by atoms with E-state index in [4.69, 9.17) is 4.42 Å². The Morgan fingerprint density at radius 2 is 1.79 bits per heavy atom. The van der Waals surface area contributed by atoms with Crippen LogP contribution in [0.15, 0.2) is 52.0 Å². The number of benzene rings is 1. The summed E-state index contributed by atoms with van der Waals surface area (Å²) in [5, 5.41) is 2.62. The highest BCUT2D eigenvalue weighted by atomic mass is 32.2. The first-order valence-corrected chi connectivity index (χ1v) is 10.9. The summed E-state index contributed by atoms with van der Waals surface area (Å²) in [7, 11) is -3.61. The summed E-state index contributed by atoms with van der Waals surface area (Å²) in [5.74, 6) is -0.579. The molecule has 1 aromatic carbocycles. The molecule has 1 N–H and O–H groups in total. The van der Waals surface area contributed by atoms with E-state index >= 15 is 0 Å². The van der Waals surface area contributed by atoms with E-state index in [0.717, 1.165) is 5.56 Å². The normalized spacial score (nSPS) is 16.8. The van der Waals surface area contributed by atoms with Crippen molar-refractivity contribution in [2.75, 3.05) is 26.2 Å². The lowest BCUT2D eigenvalue weighted by Gasteiger charge is -2.25. The van der Waals surface area contributed by atoms with Crippen LogP contribution in [0.3, 0.4) is 0 Å². The maximum absolute atomic E-state index is 12.9. The molecule has 0 aliphatic carbocycles. The molecule has 1 unspecified atom stereocenters. The zero-order valence-electron chi connectivity index (χ0n) is 16.5. The molecule has 1 fully saturated rings. The van der Waals surface area contributed by atoms with Crippen LogP contribution in [0, 0.1) is 6.92 Å². The molecule has 0 bridgehead atoms. The Labute approximate surface area is 170 Å². The molecule has 1 aliphatic rings. The van der Waals surface area contributed by atoms with Crippen molar-refractivity contribution in [3.63, 3.8) is 0 Å². The first-order valence-electron chi connectivity index (χ1n) is 9.49. The highest BCUT2D eigenvalue weighted by molar-refractivity contribution is 7.89. The molecule has 1 atom stereocenters. The van der Waals surface area contributed by atoms with Crippen LogP contribution in [0.5, 0.6) is 0 Å². The van der Waals surface area contributed by atoms with Crippen molar-refractivity contribution < 1.29 is 22.4 Å². The number of aryl methyl sites for hydroxylation is 1. The number of rotatable bonds is 5. The highest BCUT2D eigenvalue weighted by Crippen LogP contribution is 2.18. The molecular formula is C20H25N3O5S. The van der Waals surface area contributed by atoms with Gasteiger partial charge in [0, 0.05) is 26.2 Å². The van der Waals surface area contributed by atoms with Crippen LogP contribution in [0.2, 0.25) is 0 Å². The average molecular weight is 420 g/mol. The summed E-state index contributed by atoms with van der Waals surface area (Å²) < 4.78 is 32.2. The minimum absolute atomic E-state index is 0.135. The summed E-state index contributed by atoms with van der Waals surface area (Å²) >= 11 is 0. The molecule has 2 heterocycles.